The Labute approximate surface area is 147 Å². The molecule has 128 valence electrons. The molecule has 2 N–H and O–H groups in total. The van der Waals surface area contributed by atoms with Crippen molar-refractivity contribution in [3.05, 3.63) is 60.2 Å². The molecule has 2 aromatic carbocycles. The monoisotopic (exact) mass is 334 g/mol. The molecule has 0 saturated carbocycles. The number of aliphatic imine (C=N–C) groups is 2. The van der Waals surface area contributed by atoms with E-state index in [1.807, 2.05) is 61.5 Å². The first-order valence-corrected chi connectivity index (χ1v) is 8.57. The predicted molar refractivity (Wildman–Crippen MR) is 102 cm³/mol. The van der Waals surface area contributed by atoms with Crippen molar-refractivity contribution in [1.82, 2.24) is 10.6 Å². The van der Waals surface area contributed by atoms with Gasteiger partial charge in [-0.2, -0.15) is 0 Å². The Bertz CT molecular complexity index is 811. The number of nitrogens with zero attached hydrogens (tertiary/aromatic N) is 2. The van der Waals surface area contributed by atoms with E-state index in [1.165, 1.54) is 0 Å². The van der Waals surface area contributed by atoms with Gasteiger partial charge in [-0.15, -0.1) is 0 Å². The Kier molecular flexibility index (Phi) is 5.23. The molecular formula is C20H22N4O. The van der Waals surface area contributed by atoms with E-state index in [2.05, 4.69) is 17.6 Å². The van der Waals surface area contributed by atoms with Crippen molar-refractivity contribution in [2.24, 2.45) is 9.98 Å². The molecule has 2 amide bonds. The minimum Gasteiger partial charge on any atom is -0.338 e. The molecule has 0 bridgehead atoms. The van der Waals surface area contributed by atoms with Gasteiger partial charge in [0.15, 0.2) is 0 Å². The number of urea groups is 1. The molecule has 1 atom stereocenters. The maximum absolute atomic E-state index is 12.2. The number of hydrogen-bond acceptors (Lipinski definition) is 3. The summed E-state index contributed by atoms with van der Waals surface area (Å²) >= 11 is 0. The summed E-state index contributed by atoms with van der Waals surface area (Å²) in [6.45, 7) is 4.52. The second-order valence-electron chi connectivity index (χ2n) is 5.77. The highest BCUT2D eigenvalue weighted by Gasteiger charge is 2.27. The highest BCUT2D eigenvalue weighted by atomic mass is 16.2. The Morgan fingerprint density at radius 3 is 2.24 bits per heavy atom. The van der Waals surface area contributed by atoms with Gasteiger partial charge in [0.2, 0.25) is 0 Å². The number of rotatable bonds is 3. The summed E-state index contributed by atoms with van der Waals surface area (Å²) in [5.41, 5.74) is 3.63. The van der Waals surface area contributed by atoms with Crippen LogP contribution in [-0.4, -0.2) is 24.1 Å². The fraction of sp³-hybridized carbons (Fsp3) is 0.250. The Morgan fingerprint density at radius 2 is 1.60 bits per heavy atom. The van der Waals surface area contributed by atoms with Crippen molar-refractivity contribution in [1.29, 1.82) is 0 Å². The number of carbonyl (C=O) groups is 1. The maximum Gasteiger partial charge on any atom is 0.320 e. The van der Waals surface area contributed by atoms with Crippen LogP contribution in [0, 0.1) is 0 Å². The normalized spacial score (nSPS) is 16.2. The zero-order chi connectivity index (χ0) is 17.6. The van der Waals surface area contributed by atoms with Crippen molar-refractivity contribution >= 4 is 29.0 Å². The van der Waals surface area contributed by atoms with Gasteiger partial charge in [-0.25, -0.2) is 9.79 Å². The van der Waals surface area contributed by atoms with Crippen LogP contribution in [-0.2, 0) is 0 Å². The number of hydrogen-bond donors (Lipinski definition) is 2. The molecule has 2 aromatic rings. The first kappa shape index (κ1) is 16.9. The van der Waals surface area contributed by atoms with Crippen molar-refractivity contribution in [3.63, 3.8) is 0 Å². The first-order chi connectivity index (χ1) is 12.2. The molecule has 1 aliphatic heterocycles. The number of amidine groups is 1. The average Bonchev–Trinajstić information content (AvgIpc) is 2.78. The first-order valence-electron chi connectivity index (χ1n) is 8.57. The molecule has 1 heterocycles. The third kappa shape index (κ3) is 3.76. The van der Waals surface area contributed by atoms with E-state index >= 15 is 0 Å². The number of amides is 2. The lowest BCUT2D eigenvalue weighted by Crippen LogP contribution is -2.43. The number of benzene rings is 2. The molecule has 0 fully saturated rings. The minimum absolute atomic E-state index is 0.179. The van der Waals surface area contributed by atoms with E-state index in [-0.39, 0.29) is 11.9 Å². The van der Waals surface area contributed by atoms with E-state index in [1.54, 1.807) is 0 Å². The minimum atomic E-state index is -0.253. The lowest BCUT2D eigenvalue weighted by atomic mass is 9.91. The van der Waals surface area contributed by atoms with Crippen molar-refractivity contribution < 1.29 is 4.79 Å². The summed E-state index contributed by atoms with van der Waals surface area (Å²) in [6.07, 6.45) is 0.768. The Hall–Kier alpha value is -2.95. The maximum atomic E-state index is 12.2. The van der Waals surface area contributed by atoms with E-state index in [0.717, 1.165) is 29.1 Å². The van der Waals surface area contributed by atoms with Gasteiger partial charge in [-0.3, -0.25) is 10.3 Å². The van der Waals surface area contributed by atoms with Crippen LogP contribution in [0.2, 0.25) is 0 Å². The molecule has 0 aromatic heterocycles. The summed E-state index contributed by atoms with van der Waals surface area (Å²) in [5.74, 6) is 0.420. The van der Waals surface area contributed by atoms with Gasteiger partial charge in [0, 0.05) is 12.3 Å². The number of fused-ring (bicyclic) bond motifs is 1. The lowest BCUT2D eigenvalue weighted by molar-refractivity contribution is 0.245. The van der Waals surface area contributed by atoms with Crippen LogP contribution in [0.1, 0.15) is 31.7 Å². The zero-order valence-electron chi connectivity index (χ0n) is 14.5. The van der Waals surface area contributed by atoms with Crippen LogP contribution >= 0.6 is 0 Å². The summed E-state index contributed by atoms with van der Waals surface area (Å²) in [7, 11) is 0. The topological polar surface area (TPSA) is 65.8 Å². The third-order valence-corrected chi connectivity index (χ3v) is 4.07. The largest absolute Gasteiger partial charge is 0.338 e. The predicted octanol–water partition coefficient (Wildman–Crippen LogP) is 4.32. The van der Waals surface area contributed by atoms with Crippen LogP contribution in [0.4, 0.5) is 16.2 Å². The molecule has 25 heavy (non-hydrogen) atoms. The summed E-state index contributed by atoms with van der Waals surface area (Å²) in [5, 5.41) is 5.70. The molecule has 0 spiro atoms. The molecule has 0 unspecified atom stereocenters. The molecule has 5 heteroatoms. The fourth-order valence-electron chi connectivity index (χ4n) is 2.92. The van der Waals surface area contributed by atoms with Crippen LogP contribution in [0.5, 0.6) is 0 Å². The van der Waals surface area contributed by atoms with E-state index < -0.39 is 0 Å². The van der Waals surface area contributed by atoms with Crippen LogP contribution in [0.25, 0.3) is 0 Å². The standard InChI is InChI=1S/C20H22N4O/c1-3-15-18(14-10-6-5-7-11-14)19(24-20(25)21-4-2)23-17-13-9-8-12-16(17)22-15/h5-13,18H,3-4H2,1-2H3,(H2,21,23,24,25)/t18-/m1/s1. The summed E-state index contributed by atoms with van der Waals surface area (Å²) in [6, 6.07) is 17.5. The van der Waals surface area contributed by atoms with E-state index in [0.29, 0.717) is 12.4 Å². The van der Waals surface area contributed by atoms with Crippen LogP contribution in [0.3, 0.4) is 0 Å². The van der Waals surface area contributed by atoms with Crippen LogP contribution in [0.15, 0.2) is 64.6 Å². The number of para-hydroxylation sites is 2. The van der Waals surface area contributed by atoms with E-state index in [4.69, 9.17) is 9.98 Å². The Morgan fingerprint density at radius 1 is 0.960 bits per heavy atom. The lowest BCUT2D eigenvalue weighted by Gasteiger charge is -2.20. The van der Waals surface area contributed by atoms with Gasteiger partial charge >= 0.3 is 6.03 Å². The molecule has 0 radical (unpaired) electrons. The highest BCUT2D eigenvalue weighted by Crippen LogP contribution is 2.34. The van der Waals surface area contributed by atoms with Crippen molar-refractivity contribution in [2.45, 2.75) is 26.2 Å². The average molecular weight is 334 g/mol. The molecule has 5 nitrogen and oxygen atoms in total. The summed E-state index contributed by atoms with van der Waals surface area (Å²) in [4.78, 5) is 21.8. The molecular weight excluding hydrogens is 312 g/mol. The second kappa shape index (κ2) is 7.75. The second-order valence-corrected chi connectivity index (χ2v) is 5.77. The zero-order valence-corrected chi connectivity index (χ0v) is 14.5. The van der Waals surface area contributed by atoms with Gasteiger partial charge in [0.25, 0.3) is 0 Å². The number of carbonyl (C=O) groups excluding carboxylic acids is 1. The van der Waals surface area contributed by atoms with Gasteiger partial charge < -0.3 is 5.32 Å². The van der Waals surface area contributed by atoms with Crippen molar-refractivity contribution in [3.8, 4) is 0 Å². The smallest absolute Gasteiger partial charge is 0.320 e. The molecule has 0 aliphatic carbocycles. The SMILES string of the molecule is CCNC(=O)NC1=Nc2ccccc2N=C(CC)[C@H]1c1ccccc1. The molecule has 3 rings (SSSR count). The van der Waals surface area contributed by atoms with Gasteiger partial charge in [0.05, 0.1) is 17.3 Å². The van der Waals surface area contributed by atoms with Gasteiger partial charge in [-0.05, 0) is 31.0 Å². The summed E-state index contributed by atoms with van der Waals surface area (Å²) < 4.78 is 0. The fourth-order valence-corrected chi connectivity index (χ4v) is 2.92. The number of nitrogens with one attached hydrogen (secondary N) is 2. The molecule has 1 aliphatic rings. The highest BCUT2D eigenvalue weighted by molar-refractivity contribution is 6.17. The quantitative estimate of drug-likeness (QED) is 0.863. The molecule has 0 saturated heterocycles. The van der Waals surface area contributed by atoms with Crippen LogP contribution < -0.4 is 10.6 Å². The van der Waals surface area contributed by atoms with Gasteiger partial charge in [0.1, 0.15) is 5.84 Å². The van der Waals surface area contributed by atoms with Crippen molar-refractivity contribution in [2.75, 3.05) is 6.54 Å². The Balaban J connectivity index is 2.12. The van der Waals surface area contributed by atoms with Gasteiger partial charge in [-0.1, -0.05) is 49.4 Å². The third-order valence-electron chi connectivity index (χ3n) is 4.07. The van der Waals surface area contributed by atoms with E-state index in [9.17, 15) is 4.79 Å².